The van der Waals surface area contributed by atoms with Crippen molar-refractivity contribution in [1.82, 2.24) is 15.0 Å². The molecule has 0 aliphatic carbocycles. The van der Waals surface area contributed by atoms with Crippen molar-refractivity contribution < 1.29 is 9.32 Å². The van der Waals surface area contributed by atoms with Gasteiger partial charge in [0.1, 0.15) is 0 Å². The second-order valence-corrected chi connectivity index (χ2v) is 5.66. The number of nitrogens with one attached hydrogen (secondary N) is 1. The number of carbonyl (C=O) groups is 1. The number of rotatable bonds is 2. The Morgan fingerprint density at radius 1 is 1.38 bits per heavy atom. The van der Waals surface area contributed by atoms with E-state index in [1.165, 1.54) is 0 Å². The molecule has 0 atom stereocenters. The lowest BCUT2D eigenvalue weighted by atomic mass is 10.0. The number of urea groups is 1. The quantitative estimate of drug-likeness (QED) is 0.918. The lowest BCUT2D eigenvalue weighted by molar-refractivity contribution is 0.147. The fourth-order valence-corrected chi connectivity index (χ4v) is 2.35. The minimum absolute atomic E-state index is 0.103. The molecular formula is C13H12Cl2N4O2. The number of halogens is 2. The number of aromatic nitrogens is 2. The molecule has 0 radical (unpaired) electrons. The van der Waals surface area contributed by atoms with Gasteiger partial charge in [-0.1, -0.05) is 28.4 Å². The van der Waals surface area contributed by atoms with Gasteiger partial charge in [0.25, 0.3) is 0 Å². The van der Waals surface area contributed by atoms with Crippen LogP contribution in [0.2, 0.25) is 10.0 Å². The van der Waals surface area contributed by atoms with Gasteiger partial charge in [0.2, 0.25) is 5.89 Å². The summed E-state index contributed by atoms with van der Waals surface area (Å²) in [6.45, 7) is 2.87. The molecule has 2 aromatic rings. The molecule has 1 fully saturated rings. The van der Waals surface area contributed by atoms with Crippen LogP contribution in [-0.4, -0.2) is 34.2 Å². The van der Waals surface area contributed by atoms with Crippen LogP contribution in [-0.2, 0) is 0 Å². The fraction of sp³-hybridized carbons (Fsp3) is 0.308. The number of amides is 2. The van der Waals surface area contributed by atoms with Gasteiger partial charge in [0, 0.05) is 18.8 Å². The van der Waals surface area contributed by atoms with Gasteiger partial charge in [-0.15, -0.1) is 0 Å². The first-order valence-electron chi connectivity index (χ1n) is 6.34. The fourth-order valence-electron chi connectivity index (χ4n) is 2.06. The number of anilines is 1. The summed E-state index contributed by atoms with van der Waals surface area (Å²) in [6.07, 6.45) is 0. The summed E-state index contributed by atoms with van der Waals surface area (Å²) in [4.78, 5) is 17.9. The highest BCUT2D eigenvalue weighted by molar-refractivity contribution is 6.42. The molecule has 1 aliphatic rings. The van der Waals surface area contributed by atoms with Crippen LogP contribution in [0.1, 0.15) is 17.6 Å². The minimum Gasteiger partial charge on any atom is -0.339 e. The molecule has 21 heavy (non-hydrogen) atoms. The van der Waals surface area contributed by atoms with Crippen LogP contribution in [0.5, 0.6) is 0 Å². The zero-order valence-electron chi connectivity index (χ0n) is 11.1. The number of benzene rings is 1. The lowest BCUT2D eigenvalue weighted by Gasteiger charge is -2.36. The normalized spacial score (nSPS) is 14.9. The second-order valence-electron chi connectivity index (χ2n) is 4.84. The van der Waals surface area contributed by atoms with Gasteiger partial charge >= 0.3 is 6.03 Å². The molecule has 2 amide bonds. The maximum Gasteiger partial charge on any atom is 0.321 e. The van der Waals surface area contributed by atoms with E-state index >= 15 is 0 Å². The molecule has 6 nitrogen and oxygen atoms in total. The molecule has 2 heterocycles. The summed E-state index contributed by atoms with van der Waals surface area (Å²) in [7, 11) is 0. The van der Waals surface area contributed by atoms with Gasteiger partial charge in [-0.2, -0.15) is 4.98 Å². The summed E-state index contributed by atoms with van der Waals surface area (Å²) in [5.74, 6) is 1.28. The molecule has 0 unspecified atom stereocenters. The smallest absolute Gasteiger partial charge is 0.321 e. The molecule has 3 rings (SSSR count). The van der Waals surface area contributed by atoms with Crippen molar-refractivity contribution in [3.8, 4) is 0 Å². The molecule has 1 N–H and O–H groups in total. The third-order valence-electron chi connectivity index (χ3n) is 3.23. The summed E-state index contributed by atoms with van der Waals surface area (Å²) in [5.41, 5.74) is 0.603. The number of hydrogen-bond acceptors (Lipinski definition) is 4. The predicted molar refractivity (Wildman–Crippen MR) is 78.8 cm³/mol. The molecule has 0 spiro atoms. The Morgan fingerprint density at radius 2 is 2.14 bits per heavy atom. The summed E-state index contributed by atoms with van der Waals surface area (Å²) < 4.78 is 5.09. The molecule has 1 aliphatic heterocycles. The largest absolute Gasteiger partial charge is 0.339 e. The number of likely N-dealkylation sites (tertiary alicyclic amines) is 1. The molecule has 0 bridgehead atoms. The van der Waals surface area contributed by atoms with Crippen LogP contribution < -0.4 is 5.32 Å². The zero-order valence-corrected chi connectivity index (χ0v) is 12.6. The van der Waals surface area contributed by atoms with Gasteiger partial charge in [-0.3, -0.25) is 0 Å². The maximum atomic E-state index is 12.0. The molecule has 110 valence electrons. The van der Waals surface area contributed by atoms with Crippen LogP contribution in [0.25, 0.3) is 0 Å². The van der Waals surface area contributed by atoms with E-state index in [2.05, 4.69) is 15.5 Å². The van der Waals surface area contributed by atoms with Crippen LogP contribution in [0.3, 0.4) is 0 Å². The van der Waals surface area contributed by atoms with Crippen molar-refractivity contribution in [3.05, 3.63) is 40.0 Å². The highest BCUT2D eigenvalue weighted by atomic mass is 35.5. The highest BCUT2D eigenvalue weighted by Crippen LogP contribution is 2.28. The van der Waals surface area contributed by atoms with E-state index in [4.69, 9.17) is 27.7 Å². The van der Waals surface area contributed by atoms with Gasteiger partial charge in [-0.05, 0) is 25.1 Å². The zero-order chi connectivity index (χ0) is 15.0. The van der Waals surface area contributed by atoms with E-state index in [0.717, 1.165) is 0 Å². The summed E-state index contributed by atoms with van der Waals surface area (Å²) >= 11 is 11.7. The molecule has 1 aromatic carbocycles. The molecule has 1 aromatic heterocycles. The first-order valence-corrected chi connectivity index (χ1v) is 7.09. The van der Waals surface area contributed by atoms with Crippen LogP contribution >= 0.6 is 23.2 Å². The SMILES string of the molecule is Cc1noc(C2CN(C(=O)Nc3ccc(Cl)c(Cl)c3)C2)n1. The molecule has 0 saturated carbocycles. The maximum absolute atomic E-state index is 12.0. The molecule has 8 heteroatoms. The Hall–Kier alpha value is -1.79. The van der Waals surface area contributed by atoms with E-state index in [1.54, 1.807) is 30.0 Å². The van der Waals surface area contributed by atoms with E-state index in [0.29, 0.717) is 40.5 Å². The molecular weight excluding hydrogens is 315 g/mol. The first-order chi connectivity index (χ1) is 10.0. The Labute approximate surface area is 131 Å². The third-order valence-corrected chi connectivity index (χ3v) is 3.97. The van der Waals surface area contributed by atoms with Gasteiger partial charge in [0.05, 0.1) is 16.0 Å². The van der Waals surface area contributed by atoms with E-state index in [1.807, 2.05) is 0 Å². The van der Waals surface area contributed by atoms with E-state index in [9.17, 15) is 4.79 Å². The predicted octanol–water partition coefficient (Wildman–Crippen LogP) is 3.32. The third kappa shape index (κ3) is 2.96. The van der Waals surface area contributed by atoms with Gasteiger partial charge in [-0.25, -0.2) is 4.79 Å². The first kappa shape index (κ1) is 14.2. The number of carbonyl (C=O) groups excluding carboxylic acids is 1. The van der Waals surface area contributed by atoms with E-state index < -0.39 is 0 Å². The monoisotopic (exact) mass is 326 g/mol. The van der Waals surface area contributed by atoms with Crippen molar-refractivity contribution in [2.75, 3.05) is 18.4 Å². The van der Waals surface area contributed by atoms with Gasteiger partial charge < -0.3 is 14.7 Å². The Bertz CT molecular complexity index is 683. The Morgan fingerprint density at radius 3 is 2.76 bits per heavy atom. The Kier molecular flexibility index (Phi) is 3.73. The van der Waals surface area contributed by atoms with Gasteiger partial charge in [0.15, 0.2) is 5.82 Å². The average molecular weight is 327 g/mol. The summed E-state index contributed by atoms with van der Waals surface area (Å²) in [5, 5.41) is 7.36. The van der Waals surface area contributed by atoms with Crippen molar-refractivity contribution >= 4 is 34.9 Å². The van der Waals surface area contributed by atoms with E-state index in [-0.39, 0.29) is 11.9 Å². The van der Waals surface area contributed by atoms with Crippen LogP contribution in [0.15, 0.2) is 22.7 Å². The van der Waals surface area contributed by atoms with Crippen molar-refractivity contribution in [1.29, 1.82) is 0 Å². The van der Waals surface area contributed by atoms with Crippen molar-refractivity contribution in [2.45, 2.75) is 12.8 Å². The second kappa shape index (κ2) is 5.54. The standard InChI is InChI=1S/C13H12Cl2N4O2/c1-7-16-12(21-18-7)8-5-19(6-8)13(20)17-9-2-3-10(14)11(15)4-9/h2-4,8H,5-6H2,1H3,(H,17,20). The number of aryl methyl sites for hydroxylation is 1. The number of nitrogens with zero attached hydrogens (tertiary/aromatic N) is 3. The summed E-state index contributed by atoms with van der Waals surface area (Å²) in [6, 6.07) is 4.76. The highest BCUT2D eigenvalue weighted by Gasteiger charge is 2.35. The average Bonchev–Trinajstić information content (AvgIpc) is 2.78. The lowest BCUT2D eigenvalue weighted by Crippen LogP contribution is -2.50. The van der Waals surface area contributed by atoms with Crippen molar-refractivity contribution in [3.63, 3.8) is 0 Å². The molecule has 1 saturated heterocycles. The Balaban J connectivity index is 1.57. The van der Waals surface area contributed by atoms with Crippen molar-refractivity contribution in [2.24, 2.45) is 0 Å². The topological polar surface area (TPSA) is 71.3 Å². The van der Waals surface area contributed by atoms with Crippen LogP contribution in [0.4, 0.5) is 10.5 Å². The number of hydrogen-bond donors (Lipinski definition) is 1. The van der Waals surface area contributed by atoms with Crippen LogP contribution in [0, 0.1) is 6.92 Å². The minimum atomic E-state index is -0.194.